The minimum Gasteiger partial charge on any atom is -0.376 e. The molecule has 3 nitrogen and oxygen atoms in total. The second-order valence-corrected chi connectivity index (χ2v) is 6.36. The molecule has 0 aromatic heterocycles. The molecule has 2 aliphatic rings. The standard InChI is InChI=1S/C16H23ClN2O/c1-19(11-14-3-2-8-20-14)16-7-4-12(9-15(16)17)10-18-13-5-6-13/h4,7,9,13-14,18H,2-3,5-6,8,10-11H2,1H3. The van der Waals surface area contributed by atoms with Gasteiger partial charge in [0.2, 0.25) is 0 Å². The first kappa shape index (κ1) is 14.2. The van der Waals surface area contributed by atoms with Crippen LogP contribution in [0.1, 0.15) is 31.2 Å². The minimum absolute atomic E-state index is 0.354. The van der Waals surface area contributed by atoms with E-state index in [0.29, 0.717) is 6.10 Å². The molecule has 1 heterocycles. The molecular weight excluding hydrogens is 272 g/mol. The number of likely N-dealkylation sites (N-methyl/N-ethyl adjacent to an activating group) is 1. The Morgan fingerprint density at radius 3 is 2.85 bits per heavy atom. The number of halogens is 1. The van der Waals surface area contributed by atoms with Gasteiger partial charge in [0.15, 0.2) is 0 Å². The highest BCUT2D eigenvalue weighted by Gasteiger charge is 2.21. The summed E-state index contributed by atoms with van der Waals surface area (Å²) in [7, 11) is 2.09. The zero-order valence-electron chi connectivity index (χ0n) is 12.1. The predicted octanol–water partition coefficient (Wildman–Crippen LogP) is 3.21. The Balaban J connectivity index is 1.59. The minimum atomic E-state index is 0.354. The van der Waals surface area contributed by atoms with Crippen LogP contribution in [0.3, 0.4) is 0 Å². The van der Waals surface area contributed by atoms with Crippen molar-refractivity contribution in [2.45, 2.75) is 44.4 Å². The van der Waals surface area contributed by atoms with Crippen molar-refractivity contribution >= 4 is 17.3 Å². The maximum atomic E-state index is 6.43. The second kappa shape index (κ2) is 6.33. The lowest BCUT2D eigenvalue weighted by Gasteiger charge is -2.24. The fraction of sp³-hybridized carbons (Fsp3) is 0.625. The van der Waals surface area contributed by atoms with Gasteiger partial charge in [0.25, 0.3) is 0 Å². The first-order valence-electron chi connectivity index (χ1n) is 7.57. The van der Waals surface area contributed by atoms with Crippen molar-refractivity contribution in [2.24, 2.45) is 0 Å². The fourth-order valence-electron chi connectivity index (χ4n) is 2.71. The Morgan fingerprint density at radius 2 is 2.20 bits per heavy atom. The number of anilines is 1. The van der Waals surface area contributed by atoms with E-state index in [9.17, 15) is 0 Å². The third kappa shape index (κ3) is 3.66. The molecule has 20 heavy (non-hydrogen) atoms. The highest BCUT2D eigenvalue weighted by molar-refractivity contribution is 6.33. The van der Waals surface area contributed by atoms with Gasteiger partial charge in [0.1, 0.15) is 0 Å². The highest BCUT2D eigenvalue weighted by atomic mass is 35.5. The van der Waals surface area contributed by atoms with E-state index in [1.807, 2.05) is 0 Å². The lowest BCUT2D eigenvalue weighted by molar-refractivity contribution is 0.116. The number of hydrogen-bond donors (Lipinski definition) is 1. The molecule has 3 rings (SSSR count). The quantitative estimate of drug-likeness (QED) is 0.872. The summed E-state index contributed by atoms with van der Waals surface area (Å²) in [5.41, 5.74) is 2.36. The maximum Gasteiger partial charge on any atom is 0.0750 e. The molecule has 1 saturated heterocycles. The van der Waals surface area contributed by atoms with Gasteiger partial charge in [-0.25, -0.2) is 0 Å². The number of benzene rings is 1. The Hall–Kier alpha value is -0.770. The van der Waals surface area contributed by atoms with Crippen LogP contribution in [0.5, 0.6) is 0 Å². The summed E-state index contributed by atoms with van der Waals surface area (Å²) in [5, 5.41) is 4.35. The molecule has 1 unspecified atom stereocenters. The molecule has 2 fully saturated rings. The van der Waals surface area contributed by atoms with Crippen LogP contribution in [0.2, 0.25) is 5.02 Å². The molecule has 1 aliphatic carbocycles. The van der Waals surface area contributed by atoms with E-state index in [4.69, 9.17) is 16.3 Å². The van der Waals surface area contributed by atoms with E-state index in [-0.39, 0.29) is 0 Å². The third-order valence-electron chi connectivity index (χ3n) is 4.10. The largest absolute Gasteiger partial charge is 0.376 e. The maximum absolute atomic E-state index is 6.43. The zero-order chi connectivity index (χ0) is 13.9. The lowest BCUT2D eigenvalue weighted by atomic mass is 10.1. The summed E-state index contributed by atoms with van der Waals surface area (Å²) in [6.07, 6.45) is 5.32. The number of ether oxygens (including phenoxy) is 1. The molecule has 4 heteroatoms. The second-order valence-electron chi connectivity index (χ2n) is 5.96. The summed E-state index contributed by atoms with van der Waals surface area (Å²) < 4.78 is 5.69. The Morgan fingerprint density at radius 1 is 1.35 bits per heavy atom. The predicted molar refractivity (Wildman–Crippen MR) is 83.6 cm³/mol. The van der Waals surface area contributed by atoms with Crippen molar-refractivity contribution in [1.29, 1.82) is 0 Å². The van der Waals surface area contributed by atoms with Gasteiger partial charge in [-0.15, -0.1) is 0 Å². The number of hydrogen-bond acceptors (Lipinski definition) is 3. The van der Waals surface area contributed by atoms with Crippen LogP contribution in [0.25, 0.3) is 0 Å². The normalized spacial score (nSPS) is 22.2. The van der Waals surface area contributed by atoms with E-state index < -0.39 is 0 Å². The summed E-state index contributed by atoms with van der Waals surface area (Å²) in [5.74, 6) is 0. The fourth-order valence-corrected chi connectivity index (χ4v) is 3.06. The SMILES string of the molecule is CN(CC1CCCO1)c1ccc(CNC2CC2)cc1Cl. The first-order chi connectivity index (χ1) is 9.72. The summed E-state index contributed by atoms with van der Waals surface area (Å²) in [6, 6.07) is 7.11. The van der Waals surface area contributed by atoms with Gasteiger partial charge in [-0.2, -0.15) is 0 Å². The molecule has 1 aliphatic heterocycles. The van der Waals surface area contributed by atoms with E-state index in [1.54, 1.807) is 0 Å². The molecule has 1 aromatic rings. The topological polar surface area (TPSA) is 24.5 Å². The van der Waals surface area contributed by atoms with Crippen LogP contribution in [-0.2, 0) is 11.3 Å². The van der Waals surface area contributed by atoms with Gasteiger partial charge >= 0.3 is 0 Å². The average Bonchev–Trinajstić information content (AvgIpc) is 3.13. The van der Waals surface area contributed by atoms with E-state index in [1.165, 1.54) is 24.8 Å². The van der Waals surface area contributed by atoms with Gasteiger partial charge in [-0.05, 0) is 43.4 Å². The molecule has 0 amide bonds. The Labute approximate surface area is 126 Å². The van der Waals surface area contributed by atoms with Crippen LogP contribution in [0, 0.1) is 0 Å². The van der Waals surface area contributed by atoms with Crippen LogP contribution in [0.4, 0.5) is 5.69 Å². The highest BCUT2D eigenvalue weighted by Crippen LogP contribution is 2.28. The van der Waals surface area contributed by atoms with Crippen molar-refractivity contribution < 1.29 is 4.74 Å². The molecule has 0 radical (unpaired) electrons. The Kier molecular flexibility index (Phi) is 4.49. The van der Waals surface area contributed by atoms with Crippen molar-refractivity contribution in [3.05, 3.63) is 28.8 Å². The first-order valence-corrected chi connectivity index (χ1v) is 7.95. The van der Waals surface area contributed by atoms with E-state index in [0.717, 1.165) is 42.9 Å². The van der Waals surface area contributed by atoms with Crippen molar-refractivity contribution in [3.63, 3.8) is 0 Å². The average molecular weight is 295 g/mol. The van der Waals surface area contributed by atoms with Crippen LogP contribution >= 0.6 is 11.6 Å². The molecular formula is C16H23ClN2O. The van der Waals surface area contributed by atoms with Gasteiger partial charge < -0.3 is 15.0 Å². The number of nitrogens with one attached hydrogen (secondary N) is 1. The molecule has 1 atom stereocenters. The van der Waals surface area contributed by atoms with Crippen molar-refractivity contribution in [2.75, 3.05) is 25.1 Å². The van der Waals surface area contributed by atoms with Gasteiger partial charge in [-0.3, -0.25) is 0 Å². The van der Waals surface area contributed by atoms with Gasteiger partial charge in [-0.1, -0.05) is 17.7 Å². The summed E-state index contributed by atoms with van der Waals surface area (Å²) in [4.78, 5) is 2.20. The van der Waals surface area contributed by atoms with E-state index in [2.05, 4.69) is 35.5 Å². The number of nitrogens with zero attached hydrogens (tertiary/aromatic N) is 1. The summed E-state index contributed by atoms with van der Waals surface area (Å²) >= 11 is 6.43. The summed E-state index contributed by atoms with van der Waals surface area (Å²) in [6.45, 7) is 2.73. The van der Waals surface area contributed by atoms with Crippen LogP contribution < -0.4 is 10.2 Å². The number of rotatable bonds is 6. The zero-order valence-corrected chi connectivity index (χ0v) is 12.8. The third-order valence-corrected chi connectivity index (χ3v) is 4.40. The molecule has 0 bridgehead atoms. The molecule has 1 saturated carbocycles. The lowest BCUT2D eigenvalue weighted by Crippen LogP contribution is -2.28. The molecule has 1 aromatic carbocycles. The molecule has 0 spiro atoms. The van der Waals surface area contributed by atoms with Gasteiger partial charge in [0, 0.05) is 32.8 Å². The molecule has 1 N–H and O–H groups in total. The smallest absolute Gasteiger partial charge is 0.0750 e. The van der Waals surface area contributed by atoms with Crippen LogP contribution in [0.15, 0.2) is 18.2 Å². The van der Waals surface area contributed by atoms with Crippen LogP contribution in [-0.4, -0.2) is 32.3 Å². The molecule has 110 valence electrons. The van der Waals surface area contributed by atoms with E-state index >= 15 is 0 Å². The van der Waals surface area contributed by atoms with Crippen molar-refractivity contribution in [1.82, 2.24) is 5.32 Å². The van der Waals surface area contributed by atoms with Gasteiger partial charge in [0.05, 0.1) is 16.8 Å². The monoisotopic (exact) mass is 294 g/mol. The van der Waals surface area contributed by atoms with Crippen molar-refractivity contribution in [3.8, 4) is 0 Å². The Bertz CT molecular complexity index is 456.